The van der Waals surface area contributed by atoms with Crippen molar-refractivity contribution in [1.29, 1.82) is 0 Å². The van der Waals surface area contributed by atoms with Crippen molar-refractivity contribution >= 4 is 16.8 Å². The Morgan fingerprint density at radius 1 is 1.23 bits per heavy atom. The molecule has 2 saturated carbocycles. The van der Waals surface area contributed by atoms with Gasteiger partial charge in [-0.1, -0.05) is 38.8 Å². The number of hydrogen-bond acceptors (Lipinski definition) is 5. The van der Waals surface area contributed by atoms with Crippen molar-refractivity contribution in [3.63, 3.8) is 0 Å². The number of aliphatic hydroxyl groups excluding tert-OH is 1. The van der Waals surface area contributed by atoms with E-state index in [-0.39, 0.29) is 23.3 Å². The van der Waals surface area contributed by atoms with Crippen molar-refractivity contribution in [3.8, 4) is 0 Å². The van der Waals surface area contributed by atoms with Crippen LogP contribution in [0.15, 0.2) is 61.2 Å². The number of hydrogen-bond donors (Lipinski definition) is 2. The van der Waals surface area contributed by atoms with E-state index in [9.17, 15) is 9.90 Å². The molecule has 2 heterocycles. The highest BCUT2D eigenvalue weighted by Gasteiger charge is 2.38. The standard InChI is InChI=1S/C29H40N4O2/c1-22-18-33(27-25(22)10-9-16-30-27)29(14-7-8-15-29)20-32(4)17-11-26(35)23(2)24(3)31-19-28(21-34)12-5-6-13-28/h9-11,16-18,31,34H,2-3,5-8,12-15,19-21H2,1,4H3/b17-11-. The van der Waals surface area contributed by atoms with Crippen molar-refractivity contribution in [1.82, 2.24) is 19.8 Å². The summed E-state index contributed by atoms with van der Waals surface area (Å²) in [7, 11) is 2.02. The van der Waals surface area contributed by atoms with Crippen LogP contribution >= 0.6 is 0 Å². The molecular weight excluding hydrogens is 436 g/mol. The van der Waals surface area contributed by atoms with Crippen LogP contribution in [0.5, 0.6) is 0 Å². The first-order valence-electron chi connectivity index (χ1n) is 12.9. The lowest BCUT2D eigenvalue weighted by molar-refractivity contribution is -0.111. The molecule has 0 radical (unpaired) electrons. The lowest BCUT2D eigenvalue weighted by Gasteiger charge is -2.35. The Kier molecular flexibility index (Phi) is 7.50. The summed E-state index contributed by atoms with van der Waals surface area (Å²) in [5.41, 5.74) is 3.05. The van der Waals surface area contributed by atoms with Gasteiger partial charge in [0.15, 0.2) is 5.78 Å². The number of fused-ring (bicyclic) bond motifs is 1. The molecule has 2 aliphatic rings. The second kappa shape index (κ2) is 10.4. The van der Waals surface area contributed by atoms with E-state index in [0.717, 1.165) is 50.7 Å². The number of rotatable bonds is 11. The lowest BCUT2D eigenvalue weighted by atomic mass is 9.87. The van der Waals surface area contributed by atoms with Crippen LogP contribution in [0.4, 0.5) is 0 Å². The van der Waals surface area contributed by atoms with Crippen molar-refractivity contribution in [2.24, 2.45) is 5.41 Å². The Hall–Kier alpha value is -2.86. The van der Waals surface area contributed by atoms with Gasteiger partial charge in [-0.2, -0.15) is 0 Å². The number of aliphatic hydroxyl groups is 1. The van der Waals surface area contributed by atoms with E-state index >= 15 is 0 Å². The first kappa shape index (κ1) is 25.2. The minimum absolute atomic E-state index is 0.0366. The third kappa shape index (κ3) is 5.22. The van der Waals surface area contributed by atoms with E-state index in [2.05, 4.69) is 47.1 Å². The molecule has 4 rings (SSSR count). The van der Waals surface area contributed by atoms with Gasteiger partial charge in [0.1, 0.15) is 5.65 Å². The van der Waals surface area contributed by atoms with Crippen molar-refractivity contribution in [2.45, 2.75) is 63.8 Å². The monoisotopic (exact) mass is 476 g/mol. The predicted octanol–water partition coefficient (Wildman–Crippen LogP) is 4.84. The van der Waals surface area contributed by atoms with Crippen molar-refractivity contribution in [2.75, 3.05) is 26.7 Å². The van der Waals surface area contributed by atoms with Gasteiger partial charge < -0.3 is 19.9 Å². The summed E-state index contributed by atoms with van der Waals surface area (Å²) in [5, 5.41) is 14.3. The summed E-state index contributed by atoms with van der Waals surface area (Å²) in [6.45, 7) is 11.7. The third-order valence-corrected chi connectivity index (χ3v) is 8.17. The normalized spacial score (nSPS) is 18.8. The number of ketones is 1. The average Bonchev–Trinajstić information content (AvgIpc) is 3.61. The zero-order chi connectivity index (χ0) is 25.1. The highest BCUT2D eigenvalue weighted by Crippen LogP contribution is 2.40. The Labute approximate surface area is 209 Å². The quantitative estimate of drug-likeness (QED) is 0.359. The maximum absolute atomic E-state index is 12.8. The van der Waals surface area contributed by atoms with E-state index < -0.39 is 0 Å². The van der Waals surface area contributed by atoms with Crippen LogP contribution in [-0.2, 0) is 10.3 Å². The van der Waals surface area contributed by atoms with E-state index in [1.807, 2.05) is 25.5 Å². The topological polar surface area (TPSA) is 70.4 Å². The molecule has 0 bridgehead atoms. The Balaban J connectivity index is 1.40. The molecule has 0 aliphatic heterocycles. The molecule has 2 N–H and O–H groups in total. The highest BCUT2D eigenvalue weighted by molar-refractivity contribution is 6.06. The fourth-order valence-corrected chi connectivity index (χ4v) is 5.97. The molecule has 2 aromatic rings. The van der Waals surface area contributed by atoms with Gasteiger partial charge in [0.25, 0.3) is 0 Å². The van der Waals surface area contributed by atoms with Gasteiger partial charge in [0.2, 0.25) is 0 Å². The van der Waals surface area contributed by atoms with Crippen LogP contribution in [0.3, 0.4) is 0 Å². The van der Waals surface area contributed by atoms with Crippen LogP contribution in [0.2, 0.25) is 0 Å². The van der Waals surface area contributed by atoms with E-state index in [1.54, 1.807) is 6.08 Å². The lowest BCUT2D eigenvalue weighted by Crippen LogP contribution is -2.40. The smallest absolute Gasteiger partial charge is 0.188 e. The van der Waals surface area contributed by atoms with Crippen molar-refractivity contribution in [3.05, 3.63) is 66.8 Å². The largest absolute Gasteiger partial charge is 0.396 e. The molecule has 0 aromatic carbocycles. The molecule has 2 aliphatic carbocycles. The first-order chi connectivity index (χ1) is 16.8. The first-order valence-corrected chi connectivity index (χ1v) is 12.9. The van der Waals surface area contributed by atoms with Crippen LogP contribution in [0, 0.1) is 12.3 Å². The average molecular weight is 477 g/mol. The molecule has 2 aromatic heterocycles. The molecule has 2 fully saturated rings. The van der Waals surface area contributed by atoms with Crippen molar-refractivity contribution < 1.29 is 9.90 Å². The molecule has 0 saturated heterocycles. The molecule has 6 nitrogen and oxygen atoms in total. The van der Waals surface area contributed by atoms with Crippen LogP contribution < -0.4 is 5.32 Å². The number of allylic oxidation sites excluding steroid dienone is 2. The summed E-state index contributed by atoms with van der Waals surface area (Å²) in [6, 6.07) is 4.13. The zero-order valence-electron chi connectivity index (χ0n) is 21.4. The molecule has 35 heavy (non-hydrogen) atoms. The number of nitrogens with zero attached hydrogens (tertiary/aromatic N) is 3. The van der Waals surface area contributed by atoms with Gasteiger partial charge in [-0.3, -0.25) is 4.79 Å². The fraction of sp³-hybridized carbons (Fsp3) is 0.517. The summed E-state index contributed by atoms with van der Waals surface area (Å²) in [4.78, 5) is 19.6. The number of aromatic nitrogens is 2. The molecule has 0 atom stereocenters. The van der Waals surface area contributed by atoms with Gasteiger partial charge >= 0.3 is 0 Å². The number of pyridine rings is 1. The Morgan fingerprint density at radius 3 is 2.60 bits per heavy atom. The van der Waals surface area contributed by atoms with Gasteiger partial charge in [0, 0.05) is 66.9 Å². The predicted molar refractivity (Wildman–Crippen MR) is 142 cm³/mol. The Morgan fingerprint density at radius 2 is 1.91 bits per heavy atom. The molecule has 6 heteroatoms. The number of carbonyl (C=O) groups excluding carboxylic acids is 1. The van der Waals surface area contributed by atoms with Gasteiger partial charge in [0.05, 0.1) is 12.1 Å². The second-order valence-electron chi connectivity index (χ2n) is 10.8. The number of aryl methyl sites for hydroxylation is 1. The second-order valence-corrected chi connectivity index (χ2v) is 10.8. The maximum Gasteiger partial charge on any atom is 0.188 e. The van der Waals surface area contributed by atoms with E-state index in [1.165, 1.54) is 23.8 Å². The van der Waals surface area contributed by atoms with Gasteiger partial charge in [-0.15, -0.1) is 0 Å². The fourth-order valence-electron chi connectivity index (χ4n) is 5.97. The molecule has 188 valence electrons. The molecule has 0 spiro atoms. The SMILES string of the molecule is C=C(NCC1(CO)CCCC1)C(=C)C(=O)/C=C\N(C)CC1(n2cc(C)c3cccnc32)CCCC1. The molecule has 0 unspecified atom stereocenters. The van der Waals surface area contributed by atoms with Gasteiger partial charge in [-0.25, -0.2) is 4.98 Å². The summed E-state index contributed by atoms with van der Waals surface area (Å²) in [5.74, 6) is -0.150. The minimum Gasteiger partial charge on any atom is -0.396 e. The van der Waals surface area contributed by atoms with E-state index in [4.69, 9.17) is 4.98 Å². The number of carbonyl (C=O) groups is 1. The van der Waals surface area contributed by atoms with Crippen LogP contribution in [0.1, 0.15) is 56.9 Å². The minimum atomic E-state index is -0.150. The Bertz CT molecular complexity index is 1120. The summed E-state index contributed by atoms with van der Waals surface area (Å²) < 4.78 is 2.38. The highest BCUT2D eigenvalue weighted by atomic mass is 16.3. The number of nitrogens with one attached hydrogen (secondary N) is 1. The van der Waals surface area contributed by atoms with Crippen LogP contribution in [0.25, 0.3) is 11.0 Å². The van der Waals surface area contributed by atoms with E-state index in [0.29, 0.717) is 17.8 Å². The number of likely N-dealkylation sites (N-methyl/N-ethyl adjacent to an activating group) is 1. The van der Waals surface area contributed by atoms with Gasteiger partial charge in [-0.05, 0) is 50.3 Å². The maximum atomic E-state index is 12.8. The molecular formula is C29H40N4O2. The molecule has 0 amide bonds. The summed E-state index contributed by atoms with van der Waals surface area (Å²) in [6.07, 6.45) is 16.4. The summed E-state index contributed by atoms with van der Waals surface area (Å²) >= 11 is 0. The van der Waals surface area contributed by atoms with Crippen LogP contribution in [-0.4, -0.2) is 52.1 Å². The third-order valence-electron chi connectivity index (χ3n) is 8.17. The zero-order valence-corrected chi connectivity index (χ0v) is 21.4.